The highest BCUT2D eigenvalue weighted by atomic mass is 16.2. The fraction of sp³-hybridized carbons (Fsp3) is 0.516. The lowest BCUT2D eigenvalue weighted by Gasteiger charge is -2.42. The average molecular weight is 517 g/mol. The van der Waals surface area contributed by atoms with Crippen LogP contribution in [0, 0.1) is 5.92 Å². The first-order chi connectivity index (χ1) is 18.3. The Morgan fingerprint density at radius 2 is 1.66 bits per heavy atom. The third-order valence-corrected chi connectivity index (χ3v) is 8.86. The van der Waals surface area contributed by atoms with Crippen molar-refractivity contribution in [1.82, 2.24) is 9.80 Å². The van der Waals surface area contributed by atoms with Crippen molar-refractivity contribution in [3.05, 3.63) is 65.7 Å². The molecule has 2 N–H and O–H groups in total. The van der Waals surface area contributed by atoms with Gasteiger partial charge in [0.05, 0.1) is 17.4 Å². The van der Waals surface area contributed by atoms with Gasteiger partial charge in [-0.15, -0.1) is 0 Å². The molecule has 0 saturated carbocycles. The Bertz CT molecular complexity index is 1170. The van der Waals surface area contributed by atoms with Crippen molar-refractivity contribution in [3.63, 3.8) is 0 Å². The molecule has 0 aliphatic carbocycles. The minimum absolute atomic E-state index is 0.0893. The van der Waals surface area contributed by atoms with E-state index in [9.17, 15) is 14.4 Å². The van der Waals surface area contributed by atoms with Crippen molar-refractivity contribution in [2.24, 2.45) is 11.7 Å². The van der Waals surface area contributed by atoms with E-state index in [1.165, 1.54) is 5.56 Å². The Kier molecular flexibility index (Phi) is 7.57. The monoisotopic (exact) mass is 516 g/mol. The van der Waals surface area contributed by atoms with Crippen LogP contribution in [0.15, 0.2) is 54.6 Å². The standard InChI is InChI=1S/C31H40N4O3/c1-31(2)25-12-6-7-13-26(25)35(30(31)38)24-16-19-33(20-17-24)29(37)27(15-14-22-9-4-3-5-10-22)34-18-8-11-23(21-34)28(32)36/h3-7,9-10,12-13,23-24,27H,8,11,14-21H2,1-2H3,(H2,32,36)/t23?,27-/m0/s1. The summed E-state index contributed by atoms with van der Waals surface area (Å²) in [6.07, 6.45) is 4.70. The number of fused-ring (bicyclic) bond motifs is 1. The number of para-hydroxylation sites is 1. The Hall–Kier alpha value is -3.19. The van der Waals surface area contributed by atoms with Crippen molar-refractivity contribution in [2.75, 3.05) is 31.1 Å². The number of likely N-dealkylation sites (tertiary alicyclic amines) is 2. The molecule has 1 unspecified atom stereocenters. The van der Waals surface area contributed by atoms with Gasteiger partial charge in [0.1, 0.15) is 0 Å². The number of amides is 3. The van der Waals surface area contributed by atoms with Crippen LogP contribution in [0.1, 0.15) is 57.1 Å². The molecule has 2 aromatic rings. The van der Waals surface area contributed by atoms with E-state index in [1.807, 2.05) is 60.0 Å². The van der Waals surface area contributed by atoms with Crippen LogP contribution in [0.5, 0.6) is 0 Å². The summed E-state index contributed by atoms with van der Waals surface area (Å²) in [7, 11) is 0. The van der Waals surface area contributed by atoms with Gasteiger partial charge in [-0.2, -0.15) is 0 Å². The Balaban J connectivity index is 1.29. The highest BCUT2D eigenvalue weighted by molar-refractivity contribution is 6.08. The third kappa shape index (κ3) is 5.08. The molecule has 7 nitrogen and oxygen atoms in total. The van der Waals surface area contributed by atoms with E-state index in [0.29, 0.717) is 26.1 Å². The predicted molar refractivity (Wildman–Crippen MR) is 149 cm³/mol. The summed E-state index contributed by atoms with van der Waals surface area (Å²) in [6.45, 7) is 6.62. The number of carbonyl (C=O) groups excluding carboxylic acids is 3. The van der Waals surface area contributed by atoms with Gasteiger partial charge >= 0.3 is 0 Å². The Labute approximate surface area is 226 Å². The number of nitrogens with two attached hydrogens (primary N) is 1. The second-order valence-electron chi connectivity index (χ2n) is 11.7. The maximum Gasteiger partial charge on any atom is 0.239 e. The third-order valence-electron chi connectivity index (χ3n) is 8.86. The topological polar surface area (TPSA) is 87.0 Å². The lowest BCUT2D eigenvalue weighted by molar-refractivity contribution is -0.140. The molecule has 5 rings (SSSR count). The number of aryl methyl sites for hydroxylation is 1. The number of primary amides is 1. The number of piperidine rings is 2. The maximum atomic E-state index is 14.0. The molecular weight excluding hydrogens is 476 g/mol. The minimum atomic E-state index is -0.530. The molecule has 3 amide bonds. The second kappa shape index (κ2) is 10.9. The summed E-state index contributed by atoms with van der Waals surface area (Å²) in [5, 5.41) is 0. The highest BCUT2D eigenvalue weighted by Gasteiger charge is 2.47. The number of carbonyl (C=O) groups is 3. The molecule has 0 aromatic heterocycles. The van der Waals surface area contributed by atoms with Gasteiger partial charge in [-0.3, -0.25) is 19.3 Å². The number of hydrogen-bond donors (Lipinski definition) is 1. The van der Waals surface area contributed by atoms with E-state index in [0.717, 1.165) is 49.9 Å². The highest BCUT2D eigenvalue weighted by Crippen LogP contribution is 2.43. The van der Waals surface area contributed by atoms with Gasteiger partial charge in [0.15, 0.2) is 0 Å². The first kappa shape index (κ1) is 26.4. The number of rotatable bonds is 7. The Morgan fingerprint density at radius 1 is 0.974 bits per heavy atom. The number of nitrogens with zero attached hydrogens (tertiary/aromatic N) is 3. The maximum absolute atomic E-state index is 14.0. The molecule has 2 saturated heterocycles. The molecule has 38 heavy (non-hydrogen) atoms. The minimum Gasteiger partial charge on any atom is -0.369 e. The number of anilines is 1. The fourth-order valence-corrected chi connectivity index (χ4v) is 6.59. The van der Waals surface area contributed by atoms with Crippen molar-refractivity contribution in [2.45, 2.75) is 69.9 Å². The molecule has 202 valence electrons. The fourth-order valence-electron chi connectivity index (χ4n) is 6.59. The zero-order valence-corrected chi connectivity index (χ0v) is 22.6. The molecule has 3 aliphatic rings. The predicted octanol–water partition coefficient (Wildman–Crippen LogP) is 3.50. The summed E-state index contributed by atoms with van der Waals surface area (Å²) >= 11 is 0. The van der Waals surface area contributed by atoms with Crippen LogP contribution >= 0.6 is 0 Å². The molecule has 0 radical (unpaired) electrons. The zero-order chi connectivity index (χ0) is 26.9. The first-order valence-corrected chi connectivity index (χ1v) is 14.1. The van der Waals surface area contributed by atoms with E-state index in [-0.39, 0.29) is 35.7 Å². The van der Waals surface area contributed by atoms with Crippen LogP contribution < -0.4 is 10.6 Å². The summed E-state index contributed by atoms with van der Waals surface area (Å²) in [4.78, 5) is 45.5. The van der Waals surface area contributed by atoms with Crippen LogP contribution in [-0.2, 0) is 26.2 Å². The van der Waals surface area contributed by atoms with Crippen molar-refractivity contribution >= 4 is 23.4 Å². The second-order valence-corrected chi connectivity index (χ2v) is 11.7. The van der Waals surface area contributed by atoms with Gasteiger partial charge in [0.25, 0.3) is 0 Å². The van der Waals surface area contributed by atoms with E-state index >= 15 is 0 Å². The zero-order valence-electron chi connectivity index (χ0n) is 22.6. The molecule has 0 spiro atoms. The van der Waals surface area contributed by atoms with Crippen LogP contribution in [0.2, 0.25) is 0 Å². The smallest absolute Gasteiger partial charge is 0.239 e. The SMILES string of the molecule is CC1(C)C(=O)N(C2CCN(C(=O)[C@H](CCc3ccccc3)N3CCCC(C(N)=O)C3)CC2)c2ccccc21. The summed E-state index contributed by atoms with van der Waals surface area (Å²) < 4.78 is 0. The quantitative estimate of drug-likeness (QED) is 0.610. The molecule has 2 aromatic carbocycles. The van der Waals surface area contributed by atoms with Crippen LogP contribution in [0.4, 0.5) is 5.69 Å². The van der Waals surface area contributed by atoms with Crippen LogP contribution in [0.25, 0.3) is 0 Å². The average Bonchev–Trinajstić information content (AvgIpc) is 3.14. The van der Waals surface area contributed by atoms with Gasteiger partial charge in [0.2, 0.25) is 17.7 Å². The van der Waals surface area contributed by atoms with Gasteiger partial charge in [-0.1, -0.05) is 48.5 Å². The largest absolute Gasteiger partial charge is 0.369 e. The number of hydrogen-bond acceptors (Lipinski definition) is 4. The Morgan fingerprint density at radius 3 is 2.37 bits per heavy atom. The lowest BCUT2D eigenvalue weighted by atomic mass is 9.86. The lowest BCUT2D eigenvalue weighted by Crippen LogP contribution is -2.56. The van der Waals surface area contributed by atoms with E-state index in [2.05, 4.69) is 23.1 Å². The molecule has 3 aliphatic heterocycles. The molecule has 2 fully saturated rings. The molecule has 2 atom stereocenters. The summed E-state index contributed by atoms with van der Waals surface area (Å²) in [5.74, 6) is -0.192. The van der Waals surface area contributed by atoms with Gasteiger partial charge in [0, 0.05) is 31.4 Å². The van der Waals surface area contributed by atoms with Crippen LogP contribution in [-0.4, -0.2) is 65.8 Å². The van der Waals surface area contributed by atoms with E-state index < -0.39 is 5.41 Å². The number of benzene rings is 2. The normalized spacial score (nSPS) is 22.8. The van der Waals surface area contributed by atoms with E-state index in [4.69, 9.17) is 5.73 Å². The molecule has 0 bridgehead atoms. The molecule has 3 heterocycles. The van der Waals surface area contributed by atoms with Crippen molar-refractivity contribution < 1.29 is 14.4 Å². The van der Waals surface area contributed by atoms with Gasteiger partial charge in [-0.25, -0.2) is 0 Å². The van der Waals surface area contributed by atoms with Gasteiger partial charge in [-0.05, 0) is 76.1 Å². The summed E-state index contributed by atoms with van der Waals surface area (Å²) in [6, 6.07) is 18.2. The summed E-state index contributed by atoms with van der Waals surface area (Å²) in [5.41, 5.74) is 8.43. The van der Waals surface area contributed by atoms with Crippen LogP contribution in [0.3, 0.4) is 0 Å². The van der Waals surface area contributed by atoms with E-state index in [1.54, 1.807) is 0 Å². The van der Waals surface area contributed by atoms with Gasteiger partial charge < -0.3 is 15.5 Å². The first-order valence-electron chi connectivity index (χ1n) is 14.1. The van der Waals surface area contributed by atoms with Crippen molar-refractivity contribution in [1.29, 1.82) is 0 Å². The molecule has 7 heteroatoms. The van der Waals surface area contributed by atoms with Crippen molar-refractivity contribution in [3.8, 4) is 0 Å². The molecular formula is C31H40N4O3.